The summed E-state index contributed by atoms with van der Waals surface area (Å²) < 4.78 is 1.70. The topological polar surface area (TPSA) is 83.9 Å². The van der Waals surface area contributed by atoms with Crippen LogP contribution in [0.3, 0.4) is 0 Å². The van der Waals surface area contributed by atoms with E-state index in [-0.39, 0.29) is 11.5 Å². The minimum absolute atomic E-state index is 0.126. The highest BCUT2D eigenvalue weighted by molar-refractivity contribution is 9.10. The summed E-state index contributed by atoms with van der Waals surface area (Å²) in [5.74, 6) is -0.226. The molecule has 0 aliphatic rings. The van der Waals surface area contributed by atoms with Crippen LogP contribution < -0.4 is 16.0 Å². The van der Waals surface area contributed by atoms with E-state index in [4.69, 9.17) is 47.6 Å². The number of carbonyl (C=O) groups is 1. The fourth-order valence-electron chi connectivity index (χ4n) is 3.57. The summed E-state index contributed by atoms with van der Waals surface area (Å²) in [5.41, 5.74) is 3.05. The van der Waals surface area contributed by atoms with Crippen molar-refractivity contribution in [1.29, 1.82) is 0 Å². The molecule has 0 aliphatic heterocycles. The van der Waals surface area contributed by atoms with Crippen LogP contribution in [0, 0.1) is 6.92 Å². The third-order valence-corrected chi connectivity index (χ3v) is 7.11. The SMILES string of the molecule is CNC(=S)c1cc(Cl)cc(C)c1NC(=O)c1c(NC(=S)c2ccccc2)c(Br)nn1-c1ncccc1Cl. The Morgan fingerprint density at radius 1 is 1.00 bits per heavy atom. The van der Waals surface area contributed by atoms with Gasteiger partial charge in [0.15, 0.2) is 16.1 Å². The second kappa shape index (κ2) is 11.7. The number of anilines is 2. The van der Waals surface area contributed by atoms with Gasteiger partial charge in [0.2, 0.25) is 0 Å². The summed E-state index contributed by atoms with van der Waals surface area (Å²) in [6.45, 7) is 1.83. The third kappa shape index (κ3) is 5.83. The monoisotopic (exact) mass is 632 g/mol. The van der Waals surface area contributed by atoms with Gasteiger partial charge in [0, 0.05) is 29.4 Å². The lowest BCUT2D eigenvalue weighted by molar-refractivity contribution is 0.102. The maximum atomic E-state index is 13.9. The number of benzene rings is 2. The summed E-state index contributed by atoms with van der Waals surface area (Å²) in [7, 11) is 1.70. The van der Waals surface area contributed by atoms with Crippen LogP contribution >= 0.6 is 63.6 Å². The zero-order chi connectivity index (χ0) is 26.7. The molecule has 0 saturated carbocycles. The molecule has 12 heteroatoms. The molecular formula is C25H19BrCl2N6OS2. The number of carbonyl (C=O) groups excluding carboxylic acids is 1. The quantitative estimate of drug-likeness (QED) is 0.207. The van der Waals surface area contributed by atoms with E-state index >= 15 is 0 Å². The largest absolute Gasteiger partial charge is 0.379 e. The normalized spacial score (nSPS) is 10.6. The number of thiocarbonyl (C=S) groups is 2. The maximum absolute atomic E-state index is 13.9. The van der Waals surface area contributed by atoms with Gasteiger partial charge in [-0.1, -0.05) is 78.0 Å². The van der Waals surface area contributed by atoms with Gasteiger partial charge in [0.1, 0.15) is 15.7 Å². The number of aryl methyl sites for hydroxylation is 1. The number of halogens is 3. The lowest BCUT2D eigenvalue weighted by Crippen LogP contribution is -2.24. The zero-order valence-electron chi connectivity index (χ0n) is 19.5. The number of amides is 1. The van der Waals surface area contributed by atoms with Crippen LogP contribution in [-0.2, 0) is 0 Å². The smallest absolute Gasteiger partial charge is 0.276 e. The highest BCUT2D eigenvalue weighted by Gasteiger charge is 2.27. The second-order valence-corrected chi connectivity index (χ2v) is 10.1. The van der Waals surface area contributed by atoms with Crippen LogP contribution in [0.1, 0.15) is 27.2 Å². The predicted molar refractivity (Wildman–Crippen MR) is 161 cm³/mol. The number of hydrogen-bond acceptors (Lipinski definition) is 5. The van der Waals surface area contributed by atoms with Crippen molar-refractivity contribution < 1.29 is 4.79 Å². The molecule has 0 radical (unpaired) electrons. The summed E-state index contributed by atoms with van der Waals surface area (Å²) in [4.78, 5) is 19.1. The fourth-order valence-corrected chi connectivity index (χ4v) is 4.89. The Hall–Kier alpha value is -2.89. The predicted octanol–water partition coefficient (Wildman–Crippen LogP) is 6.58. The summed E-state index contributed by atoms with van der Waals surface area (Å²) in [6.07, 6.45) is 1.56. The van der Waals surface area contributed by atoms with Gasteiger partial charge >= 0.3 is 0 Å². The number of aromatic nitrogens is 3. The van der Waals surface area contributed by atoms with E-state index in [2.05, 4.69) is 42.0 Å². The summed E-state index contributed by atoms with van der Waals surface area (Å²) in [6, 6.07) is 16.2. The molecule has 2 aromatic heterocycles. The Morgan fingerprint density at radius 3 is 2.41 bits per heavy atom. The van der Waals surface area contributed by atoms with Crippen LogP contribution in [0.25, 0.3) is 5.82 Å². The lowest BCUT2D eigenvalue weighted by Gasteiger charge is -2.17. The number of hydrogen-bond donors (Lipinski definition) is 3. The van der Waals surface area contributed by atoms with E-state index in [1.807, 2.05) is 37.3 Å². The molecule has 0 atom stereocenters. The number of rotatable bonds is 6. The van der Waals surface area contributed by atoms with Gasteiger partial charge in [-0.3, -0.25) is 4.79 Å². The average Bonchev–Trinajstić information content (AvgIpc) is 3.21. The van der Waals surface area contributed by atoms with Gasteiger partial charge in [-0.25, -0.2) is 9.67 Å². The molecule has 0 fully saturated rings. The van der Waals surface area contributed by atoms with Crippen molar-refractivity contribution in [3.63, 3.8) is 0 Å². The van der Waals surface area contributed by atoms with Crippen molar-refractivity contribution in [2.75, 3.05) is 17.7 Å². The maximum Gasteiger partial charge on any atom is 0.276 e. The Morgan fingerprint density at radius 2 is 1.73 bits per heavy atom. The molecule has 37 heavy (non-hydrogen) atoms. The summed E-state index contributed by atoms with van der Waals surface area (Å²) >= 11 is 27.2. The van der Waals surface area contributed by atoms with E-state index in [9.17, 15) is 4.79 Å². The molecule has 4 rings (SSSR count). The van der Waals surface area contributed by atoms with Gasteiger partial charge in [-0.15, -0.1) is 0 Å². The van der Waals surface area contributed by atoms with Crippen LogP contribution in [0.5, 0.6) is 0 Å². The van der Waals surface area contributed by atoms with Crippen molar-refractivity contribution in [2.45, 2.75) is 6.92 Å². The number of nitrogens with zero attached hydrogens (tertiary/aromatic N) is 3. The van der Waals surface area contributed by atoms with Crippen LogP contribution in [0.4, 0.5) is 11.4 Å². The molecule has 7 nitrogen and oxygen atoms in total. The van der Waals surface area contributed by atoms with Gasteiger partial charge in [-0.05, 0) is 52.7 Å². The van der Waals surface area contributed by atoms with Gasteiger partial charge in [0.25, 0.3) is 5.91 Å². The zero-order valence-corrected chi connectivity index (χ0v) is 24.2. The molecule has 2 aromatic carbocycles. The first-order valence-corrected chi connectivity index (χ1v) is 13.2. The molecule has 4 aromatic rings. The minimum Gasteiger partial charge on any atom is -0.379 e. The van der Waals surface area contributed by atoms with Gasteiger partial charge < -0.3 is 16.0 Å². The highest BCUT2D eigenvalue weighted by atomic mass is 79.9. The molecular weight excluding hydrogens is 615 g/mol. The molecule has 188 valence electrons. The van der Waals surface area contributed by atoms with Crippen LogP contribution in [0.15, 0.2) is 65.4 Å². The Kier molecular flexibility index (Phi) is 8.56. The van der Waals surface area contributed by atoms with Crippen molar-refractivity contribution >= 4 is 90.8 Å². The highest BCUT2D eigenvalue weighted by Crippen LogP contribution is 2.33. The number of pyridine rings is 1. The average molecular weight is 634 g/mol. The van der Waals surface area contributed by atoms with E-state index in [1.54, 1.807) is 37.5 Å². The van der Waals surface area contributed by atoms with E-state index in [0.717, 1.165) is 11.1 Å². The lowest BCUT2D eigenvalue weighted by atomic mass is 10.1. The van der Waals surface area contributed by atoms with Gasteiger partial charge in [0.05, 0.1) is 10.7 Å². The standard InChI is InChI=1S/C25H19BrCl2N6OS2/c1-13-11-15(27)12-16(25(37)29-2)18(13)31-23(35)20-19(32-24(36)14-7-4-3-5-8-14)21(26)33-34(20)22-17(28)9-6-10-30-22/h3-12H,1-2H3,(H,29,37)(H,31,35)(H,32,36). The first-order valence-electron chi connectivity index (χ1n) is 10.8. The minimum atomic E-state index is -0.496. The third-order valence-electron chi connectivity index (χ3n) is 5.28. The molecule has 3 N–H and O–H groups in total. The van der Waals surface area contributed by atoms with Crippen LogP contribution in [-0.4, -0.2) is 37.7 Å². The Bertz CT molecular complexity index is 1530. The van der Waals surface area contributed by atoms with E-state index < -0.39 is 5.91 Å². The molecule has 0 unspecified atom stereocenters. The molecule has 1 amide bonds. The van der Waals surface area contributed by atoms with E-state index in [1.165, 1.54) is 4.68 Å². The van der Waals surface area contributed by atoms with E-state index in [0.29, 0.717) is 41.6 Å². The molecule has 0 saturated heterocycles. The number of nitrogens with one attached hydrogen (secondary N) is 3. The van der Waals surface area contributed by atoms with Crippen LogP contribution in [0.2, 0.25) is 10.0 Å². The molecule has 0 spiro atoms. The first-order chi connectivity index (χ1) is 17.7. The molecule has 2 heterocycles. The fraction of sp³-hybridized carbons (Fsp3) is 0.0800. The molecule has 0 aliphatic carbocycles. The summed E-state index contributed by atoms with van der Waals surface area (Å²) in [5, 5.41) is 14.4. The van der Waals surface area contributed by atoms with Gasteiger partial charge in [-0.2, -0.15) is 5.10 Å². The van der Waals surface area contributed by atoms with Crippen molar-refractivity contribution in [2.24, 2.45) is 0 Å². The Labute approximate surface area is 242 Å². The van der Waals surface area contributed by atoms with Crippen molar-refractivity contribution in [1.82, 2.24) is 20.1 Å². The first kappa shape index (κ1) is 27.2. The Balaban J connectivity index is 1.85. The van der Waals surface area contributed by atoms with Crippen molar-refractivity contribution in [3.05, 3.63) is 97.8 Å². The second-order valence-electron chi connectivity index (χ2n) is 7.73. The van der Waals surface area contributed by atoms with Crippen molar-refractivity contribution in [3.8, 4) is 5.82 Å². The molecule has 0 bridgehead atoms.